The Kier molecular flexibility index (Phi) is 6.46. The van der Waals surface area contributed by atoms with Crippen LogP contribution in [0, 0.1) is 0 Å². The van der Waals surface area contributed by atoms with Crippen molar-refractivity contribution < 1.29 is 4.42 Å². The van der Waals surface area contributed by atoms with E-state index >= 15 is 0 Å². The van der Waals surface area contributed by atoms with Gasteiger partial charge >= 0.3 is 0 Å². The van der Waals surface area contributed by atoms with E-state index < -0.39 is 0 Å². The molecule has 3 heterocycles. The number of para-hydroxylation sites is 2. The molecule has 0 radical (unpaired) electrons. The highest BCUT2D eigenvalue weighted by Crippen LogP contribution is 2.41. The Bertz CT molecular complexity index is 2850. The van der Waals surface area contributed by atoms with Crippen LogP contribution < -0.4 is 0 Å². The highest BCUT2D eigenvalue weighted by Gasteiger charge is 2.21. The Morgan fingerprint density at radius 3 is 1.90 bits per heavy atom. The van der Waals surface area contributed by atoms with Gasteiger partial charge < -0.3 is 8.98 Å². The van der Waals surface area contributed by atoms with Gasteiger partial charge in [0.05, 0.1) is 16.4 Å². The summed E-state index contributed by atoms with van der Waals surface area (Å²) in [5, 5.41) is 3.47. The molecule has 4 heteroatoms. The number of benzene rings is 7. The normalized spacial score (nSPS) is 11.6. The lowest BCUT2D eigenvalue weighted by Crippen LogP contribution is -1.94. The lowest BCUT2D eigenvalue weighted by atomic mass is 9.96. The first-order valence-corrected chi connectivity index (χ1v) is 16.8. The maximum atomic E-state index is 6.61. The van der Waals surface area contributed by atoms with Crippen LogP contribution in [0.3, 0.4) is 0 Å². The third-order valence-corrected chi connectivity index (χ3v) is 9.61. The number of aromatic nitrogens is 3. The van der Waals surface area contributed by atoms with E-state index in [9.17, 15) is 0 Å². The van der Waals surface area contributed by atoms with Gasteiger partial charge in [-0.2, -0.15) is 0 Å². The lowest BCUT2D eigenvalue weighted by molar-refractivity contribution is 0.667. The minimum atomic E-state index is 0.672. The molecule has 0 saturated carbocycles. The monoisotopic (exact) mass is 639 g/mol. The molecule has 10 aromatic rings. The first-order valence-electron chi connectivity index (χ1n) is 16.8. The summed E-state index contributed by atoms with van der Waals surface area (Å²) in [5.74, 6) is 0.672. The number of hydrogen-bond acceptors (Lipinski definition) is 3. The molecule has 0 unspecified atom stereocenters. The average molecular weight is 640 g/mol. The predicted octanol–water partition coefficient (Wildman–Crippen LogP) is 12.1. The van der Waals surface area contributed by atoms with Crippen molar-refractivity contribution in [2.24, 2.45) is 0 Å². The standard InChI is InChI=1S/C46H29N3O/c1-4-14-30(15-5-1)43-45-44(48-46(47-43)31-16-6-2-7-17-31)42-36(23-13-25-41(42)50-45)34-19-12-18-32(28-34)33-26-27-38-37-22-10-11-24-39(37)49(40(38)29-33)35-20-8-3-9-21-35/h1-29H. The number of fused-ring (bicyclic) bond motifs is 6. The minimum absolute atomic E-state index is 0.672. The number of nitrogens with zero attached hydrogens (tertiary/aromatic N) is 3. The minimum Gasteiger partial charge on any atom is -0.452 e. The SMILES string of the molecule is c1ccc(-c2nc(-c3ccccc3)c3oc4cccc(-c5cccc(-c6ccc7c8ccccc8n(-c8ccccc8)c7c6)c5)c4c3n2)cc1. The molecular formula is C46H29N3O. The van der Waals surface area contributed by atoms with Crippen LogP contribution in [0.25, 0.3) is 94.5 Å². The number of hydrogen-bond donors (Lipinski definition) is 0. The molecule has 0 spiro atoms. The summed E-state index contributed by atoms with van der Waals surface area (Å²) in [5.41, 5.74) is 13.0. The molecular weight excluding hydrogens is 611 g/mol. The lowest BCUT2D eigenvalue weighted by Gasteiger charge is -2.10. The van der Waals surface area contributed by atoms with Gasteiger partial charge in [-0.3, -0.25) is 0 Å². The molecule has 4 nitrogen and oxygen atoms in total. The predicted molar refractivity (Wildman–Crippen MR) is 205 cm³/mol. The van der Waals surface area contributed by atoms with Gasteiger partial charge in [0.25, 0.3) is 0 Å². The van der Waals surface area contributed by atoms with Crippen molar-refractivity contribution in [1.29, 1.82) is 0 Å². The van der Waals surface area contributed by atoms with E-state index in [-0.39, 0.29) is 0 Å². The third kappa shape index (κ3) is 4.54. The Morgan fingerprint density at radius 2 is 1.08 bits per heavy atom. The third-order valence-electron chi connectivity index (χ3n) is 9.61. The van der Waals surface area contributed by atoms with Crippen molar-refractivity contribution in [3.63, 3.8) is 0 Å². The Labute approximate surface area is 288 Å². The van der Waals surface area contributed by atoms with Crippen molar-refractivity contribution >= 4 is 43.9 Å². The van der Waals surface area contributed by atoms with E-state index in [0.29, 0.717) is 11.4 Å². The fraction of sp³-hybridized carbons (Fsp3) is 0. The molecule has 3 aromatic heterocycles. The van der Waals surface area contributed by atoms with Crippen LogP contribution in [0.4, 0.5) is 0 Å². The summed E-state index contributed by atoms with van der Waals surface area (Å²) in [4.78, 5) is 10.2. The molecule has 10 rings (SSSR count). The van der Waals surface area contributed by atoms with Crippen molar-refractivity contribution in [2.75, 3.05) is 0 Å². The molecule has 0 aliphatic rings. The fourth-order valence-electron chi connectivity index (χ4n) is 7.31. The zero-order valence-electron chi connectivity index (χ0n) is 27.0. The largest absolute Gasteiger partial charge is 0.452 e. The number of furan rings is 1. The van der Waals surface area contributed by atoms with Crippen molar-refractivity contribution in [2.45, 2.75) is 0 Å². The van der Waals surface area contributed by atoms with Crippen LogP contribution in [-0.2, 0) is 0 Å². The Hall–Kier alpha value is -6.78. The van der Waals surface area contributed by atoms with E-state index in [0.717, 1.165) is 61.2 Å². The summed E-state index contributed by atoms with van der Waals surface area (Å²) in [6.07, 6.45) is 0. The molecule has 0 aliphatic carbocycles. The second kappa shape index (κ2) is 11.4. The molecule has 7 aromatic carbocycles. The topological polar surface area (TPSA) is 43.9 Å². The summed E-state index contributed by atoms with van der Waals surface area (Å²) >= 11 is 0. The van der Waals surface area contributed by atoms with E-state index in [2.05, 4.69) is 138 Å². The second-order valence-corrected chi connectivity index (χ2v) is 12.6. The zero-order valence-corrected chi connectivity index (χ0v) is 27.0. The van der Waals surface area contributed by atoms with Crippen molar-refractivity contribution in [3.05, 3.63) is 176 Å². The quantitative estimate of drug-likeness (QED) is 0.188. The van der Waals surface area contributed by atoms with Crippen LogP contribution in [0.1, 0.15) is 0 Å². The van der Waals surface area contributed by atoms with Gasteiger partial charge in [-0.05, 0) is 58.7 Å². The molecule has 0 aliphatic heterocycles. The summed E-state index contributed by atoms with van der Waals surface area (Å²) in [6.45, 7) is 0. The van der Waals surface area contributed by atoms with Gasteiger partial charge in [0.2, 0.25) is 0 Å². The van der Waals surface area contributed by atoms with Gasteiger partial charge in [0.15, 0.2) is 11.4 Å². The van der Waals surface area contributed by atoms with E-state index in [1.54, 1.807) is 0 Å². The average Bonchev–Trinajstić information content (AvgIpc) is 3.74. The van der Waals surface area contributed by atoms with Crippen molar-refractivity contribution in [1.82, 2.24) is 14.5 Å². The van der Waals surface area contributed by atoms with Crippen LogP contribution in [-0.4, -0.2) is 14.5 Å². The Balaban J connectivity index is 1.17. The maximum absolute atomic E-state index is 6.61. The van der Waals surface area contributed by atoms with Gasteiger partial charge in [0.1, 0.15) is 16.8 Å². The summed E-state index contributed by atoms with van der Waals surface area (Å²) in [7, 11) is 0. The molecule has 0 bridgehead atoms. The maximum Gasteiger partial charge on any atom is 0.180 e. The van der Waals surface area contributed by atoms with E-state index in [1.165, 1.54) is 21.8 Å². The number of rotatable bonds is 5. The molecule has 0 N–H and O–H groups in total. The summed E-state index contributed by atoms with van der Waals surface area (Å²) < 4.78 is 8.98. The van der Waals surface area contributed by atoms with Gasteiger partial charge in [-0.25, -0.2) is 9.97 Å². The van der Waals surface area contributed by atoms with Crippen LogP contribution in [0.2, 0.25) is 0 Å². The molecule has 0 amide bonds. The Morgan fingerprint density at radius 1 is 0.440 bits per heavy atom. The highest BCUT2D eigenvalue weighted by molar-refractivity contribution is 6.14. The highest BCUT2D eigenvalue weighted by atomic mass is 16.3. The van der Waals surface area contributed by atoms with Crippen LogP contribution in [0.15, 0.2) is 180 Å². The molecule has 234 valence electrons. The molecule has 0 atom stereocenters. The molecule has 0 saturated heterocycles. The van der Waals surface area contributed by atoms with Crippen LogP contribution in [0.5, 0.6) is 0 Å². The zero-order chi connectivity index (χ0) is 33.0. The summed E-state index contributed by atoms with van der Waals surface area (Å²) in [6, 6.07) is 61.5. The van der Waals surface area contributed by atoms with Gasteiger partial charge in [-0.15, -0.1) is 0 Å². The fourth-order valence-corrected chi connectivity index (χ4v) is 7.31. The molecule has 50 heavy (non-hydrogen) atoms. The van der Waals surface area contributed by atoms with Crippen molar-refractivity contribution in [3.8, 4) is 50.6 Å². The van der Waals surface area contributed by atoms with Gasteiger partial charge in [-0.1, -0.05) is 140 Å². The smallest absolute Gasteiger partial charge is 0.180 e. The van der Waals surface area contributed by atoms with Gasteiger partial charge in [0, 0.05) is 27.6 Å². The van der Waals surface area contributed by atoms with E-state index in [4.69, 9.17) is 14.4 Å². The van der Waals surface area contributed by atoms with E-state index in [1.807, 2.05) is 42.5 Å². The second-order valence-electron chi connectivity index (χ2n) is 12.6. The first kappa shape index (κ1) is 28.3. The molecule has 0 fully saturated rings. The van der Waals surface area contributed by atoms with Crippen LogP contribution >= 0.6 is 0 Å². The first-order chi connectivity index (χ1) is 24.8.